The van der Waals surface area contributed by atoms with E-state index in [0.717, 1.165) is 27.9 Å². The van der Waals surface area contributed by atoms with Gasteiger partial charge in [-0.3, -0.25) is 4.79 Å². The molecule has 9 heteroatoms. The minimum Gasteiger partial charge on any atom is -0.352 e. The maximum atomic E-state index is 13.5. The van der Waals surface area contributed by atoms with Crippen molar-refractivity contribution < 1.29 is 13.2 Å². The average molecular weight is 464 g/mol. The van der Waals surface area contributed by atoms with Crippen molar-refractivity contribution in [1.82, 2.24) is 13.7 Å². The molecule has 1 amide bonds. The Labute approximate surface area is 192 Å². The summed E-state index contributed by atoms with van der Waals surface area (Å²) in [7, 11) is -3.77. The fourth-order valence-corrected chi connectivity index (χ4v) is 6.01. The number of carbonyl (C=O) groups excluding carboxylic acids is 1. The third-order valence-electron chi connectivity index (χ3n) is 5.95. The highest BCUT2D eigenvalue weighted by Crippen LogP contribution is 2.29. The third kappa shape index (κ3) is 3.83. The predicted octanol–water partition coefficient (Wildman–Crippen LogP) is 3.27. The van der Waals surface area contributed by atoms with Crippen LogP contribution in [0.4, 0.5) is 11.5 Å². The SMILES string of the molecule is CC(=O)Nc1ccc(C)cc1S(=O)(=O)N1CCN(c2nc3ccccc3n3cccc23)CC1. The fourth-order valence-electron chi connectivity index (χ4n) is 4.35. The van der Waals surface area contributed by atoms with Crippen LogP contribution in [0.25, 0.3) is 16.6 Å². The van der Waals surface area contributed by atoms with E-state index in [0.29, 0.717) is 31.9 Å². The maximum Gasteiger partial charge on any atom is 0.245 e. The van der Waals surface area contributed by atoms with Crippen molar-refractivity contribution in [1.29, 1.82) is 0 Å². The van der Waals surface area contributed by atoms with E-state index >= 15 is 0 Å². The quantitative estimate of drug-likeness (QED) is 0.502. The lowest BCUT2D eigenvalue weighted by atomic mass is 10.2. The summed E-state index contributed by atoms with van der Waals surface area (Å²) in [6.07, 6.45) is 2.02. The van der Waals surface area contributed by atoms with Crippen molar-refractivity contribution in [2.24, 2.45) is 0 Å². The van der Waals surface area contributed by atoms with Crippen molar-refractivity contribution in [2.45, 2.75) is 18.7 Å². The second-order valence-electron chi connectivity index (χ2n) is 8.26. The Balaban J connectivity index is 1.43. The molecule has 0 aliphatic carbocycles. The summed E-state index contributed by atoms with van der Waals surface area (Å²) < 4.78 is 30.5. The van der Waals surface area contributed by atoms with Crippen LogP contribution in [0.15, 0.2) is 65.7 Å². The molecule has 2 aromatic carbocycles. The van der Waals surface area contributed by atoms with Crippen LogP contribution in [0, 0.1) is 6.92 Å². The zero-order valence-electron chi connectivity index (χ0n) is 18.5. The van der Waals surface area contributed by atoms with Crippen molar-refractivity contribution in [3.05, 3.63) is 66.4 Å². The number of piperazine rings is 1. The molecule has 1 aliphatic heterocycles. The van der Waals surface area contributed by atoms with Crippen molar-refractivity contribution >= 4 is 44.0 Å². The van der Waals surface area contributed by atoms with E-state index in [9.17, 15) is 13.2 Å². The van der Waals surface area contributed by atoms with Gasteiger partial charge in [0.25, 0.3) is 0 Å². The second-order valence-corrected chi connectivity index (χ2v) is 10.2. The number of rotatable bonds is 4. The molecule has 8 nitrogen and oxygen atoms in total. The Morgan fingerprint density at radius 1 is 0.970 bits per heavy atom. The Morgan fingerprint density at radius 2 is 1.70 bits per heavy atom. The number of nitrogens with zero attached hydrogens (tertiary/aromatic N) is 4. The van der Waals surface area contributed by atoms with Crippen molar-refractivity contribution in [2.75, 3.05) is 36.4 Å². The lowest BCUT2D eigenvalue weighted by molar-refractivity contribution is -0.114. The monoisotopic (exact) mass is 463 g/mol. The van der Waals surface area contributed by atoms with Gasteiger partial charge in [-0.2, -0.15) is 4.31 Å². The number of carbonyl (C=O) groups is 1. The average Bonchev–Trinajstić information content (AvgIpc) is 3.30. The fraction of sp³-hybridized carbons (Fsp3) is 0.250. The molecular formula is C24H25N5O3S. The Morgan fingerprint density at radius 3 is 2.45 bits per heavy atom. The summed E-state index contributed by atoms with van der Waals surface area (Å²) in [5, 5.41) is 2.65. The number of aromatic nitrogens is 2. The van der Waals surface area contributed by atoms with Gasteiger partial charge in [0.2, 0.25) is 15.9 Å². The molecule has 0 unspecified atom stereocenters. The number of nitrogens with one attached hydrogen (secondary N) is 1. The molecule has 1 N–H and O–H groups in total. The van der Waals surface area contributed by atoms with Crippen molar-refractivity contribution in [3.63, 3.8) is 0 Å². The summed E-state index contributed by atoms with van der Waals surface area (Å²) in [5.74, 6) is 0.545. The van der Waals surface area contributed by atoms with Gasteiger partial charge in [0.1, 0.15) is 4.90 Å². The number of sulfonamides is 1. The lowest BCUT2D eigenvalue weighted by Gasteiger charge is -2.35. The van der Waals surface area contributed by atoms with Gasteiger partial charge in [0, 0.05) is 39.3 Å². The summed E-state index contributed by atoms with van der Waals surface area (Å²) in [4.78, 5) is 18.8. The zero-order chi connectivity index (χ0) is 23.2. The summed E-state index contributed by atoms with van der Waals surface area (Å²) in [6, 6.07) is 17.1. The molecule has 1 aliphatic rings. The van der Waals surface area contributed by atoms with Crippen LogP contribution < -0.4 is 10.2 Å². The van der Waals surface area contributed by atoms with Crippen LogP contribution in [-0.4, -0.2) is 54.2 Å². The van der Waals surface area contributed by atoms with Crippen LogP contribution in [0.1, 0.15) is 12.5 Å². The molecule has 0 atom stereocenters. The third-order valence-corrected chi connectivity index (χ3v) is 7.89. The molecule has 5 rings (SSSR count). The number of anilines is 2. The standard InChI is InChI=1S/C24H25N5O3S/c1-17-9-10-20(25-18(2)30)23(16-17)33(31,32)28-14-12-27(13-15-28)24-22-8-5-11-29(22)21-7-4-3-6-19(21)26-24/h3-11,16H,12-15H2,1-2H3,(H,25,30). The van der Waals surface area contributed by atoms with Gasteiger partial charge in [-0.1, -0.05) is 18.2 Å². The van der Waals surface area contributed by atoms with Crippen LogP contribution in [-0.2, 0) is 14.8 Å². The first-order valence-electron chi connectivity index (χ1n) is 10.8. The zero-order valence-corrected chi connectivity index (χ0v) is 19.3. The molecule has 2 aromatic heterocycles. The van der Waals surface area contributed by atoms with Gasteiger partial charge in [0.05, 0.1) is 22.2 Å². The van der Waals surface area contributed by atoms with E-state index in [2.05, 4.69) is 14.6 Å². The van der Waals surface area contributed by atoms with Crippen LogP contribution in [0.3, 0.4) is 0 Å². The molecule has 3 heterocycles. The van der Waals surface area contributed by atoms with E-state index in [4.69, 9.17) is 4.98 Å². The summed E-state index contributed by atoms with van der Waals surface area (Å²) in [6.45, 7) is 4.91. The smallest absolute Gasteiger partial charge is 0.245 e. The van der Waals surface area contributed by atoms with Gasteiger partial charge in [-0.15, -0.1) is 0 Å². The van der Waals surface area contributed by atoms with E-state index in [1.165, 1.54) is 11.2 Å². The minimum atomic E-state index is -3.77. The van der Waals surface area contributed by atoms with E-state index in [-0.39, 0.29) is 10.8 Å². The lowest BCUT2D eigenvalue weighted by Crippen LogP contribution is -2.49. The Hall–Kier alpha value is -3.43. The minimum absolute atomic E-state index is 0.129. The molecule has 1 fully saturated rings. The van der Waals surface area contributed by atoms with Gasteiger partial charge in [-0.05, 0) is 48.9 Å². The van der Waals surface area contributed by atoms with Crippen LogP contribution in [0.2, 0.25) is 0 Å². The topological polar surface area (TPSA) is 87.0 Å². The first kappa shape index (κ1) is 21.4. The van der Waals surface area contributed by atoms with Gasteiger partial charge < -0.3 is 14.6 Å². The summed E-state index contributed by atoms with van der Waals surface area (Å²) in [5.41, 5.74) is 4.05. The number of amides is 1. The van der Waals surface area contributed by atoms with Crippen LogP contribution in [0.5, 0.6) is 0 Å². The number of aryl methyl sites for hydroxylation is 1. The first-order chi connectivity index (χ1) is 15.8. The number of hydrogen-bond donors (Lipinski definition) is 1. The molecule has 0 radical (unpaired) electrons. The predicted molar refractivity (Wildman–Crippen MR) is 129 cm³/mol. The number of para-hydroxylation sites is 2. The molecule has 33 heavy (non-hydrogen) atoms. The van der Waals surface area contributed by atoms with Crippen molar-refractivity contribution in [3.8, 4) is 0 Å². The first-order valence-corrected chi connectivity index (χ1v) is 12.3. The normalized spacial score (nSPS) is 15.3. The highest BCUT2D eigenvalue weighted by atomic mass is 32.2. The second kappa shape index (κ2) is 8.17. The molecular weight excluding hydrogens is 438 g/mol. The summed E-state index contributed by atoms with van der Waals surface area (Å²) >= 11 is 0. The number of fused-ring (bicyclic) bond motifs is 3. The van der Waals surface area contributed by atoms with Gasteiger partial charge in [0.15, 0.2) is 5.82 Å². The maximum absolute atomic E-state index is 13.5. The van der Waals surface area contributed by atoms with E-state index in [1.807, 2.05) is 49.5 Å². The molecule has 0 spiro atoms. The number of hydrogen-bond acceptors (Lipinski definition) is 5. The molecule has 1 saturated heterocycles. The Bertz CT molecular complexity index is 1470. The largest absolute Gasteiger partial charge is 0.352 e. The molecule has 170 valence electrons. The van der Waals surface area contributed by atoms with E-state index in [1.54, 1.807) is 18.2 Å². The van der Waals surface area contributed by atoms with Gasteiger partial charge in [-0.25, -0.2) is 13.4 Å². The molecule has 0 saturated carbocycles. The van der Waals surface area contributed by atoms with Crippen LogP contribution >= 0.6 is 0 Å². The number of benzene rings is 2. The van der Waals surface area contributed by atoms with E-state index < -0.39 is 10.0 Å². The molecule has 0 bridgehead atoms. The van der Waals surface area contributed by atoms with Gasteiger partial charge >= 0.3 is 0 Å². The molecule has 4 aromatic rings. The highest BCUT2D eigenvalue weighted by molar-refractivity contribution is 7.89. The Kier molecular flexibility index (Phi) is 5.30. The highest BCUT2D eigenvalue weighted by Gasteiger charge is 2.31.